The summed E-state index contributed by atoms with van der Waals surface area (Å²) in [7, 11) is 0. The number of hydrogen-bond donors (Lipinski definition) is 1. The van der Waals surface area contributed by atoms with E-state index in [1.807, 2.05) is 49.4 Å². The highest BCUT2D eigenvalue weighted by atomic mass is 16.5. The Balaban J connectivity index is 2.13. The van der Waals surface area contributed by atoms with Gasteiger partial charge in [0, 0.05) is 6.42 Å². The molecule has 4 nitrogen and oxygen atoms in total. The molecule has 0 spiro atoms. The second-order valence-corrected chi connectivity index (χ2v) is 5.31. The first-order valence-electron chi connectivity index (χ1n) is 7.32. The number of ether oxygens (including phenoxy) is 1. The van der Waals surface area contributed by atoms with E-state index in [2.05, 4.69) is 5.32 Å². The second kappa shape index (κ2) is 7.62. The zero-order chi connectivity index (χ0) is 15.1. The largest absolute Gasteiger partial charge is 0.463 e. The van der Waals surface area contributed by atoms with Crippen LogP contribution in [0.15, 0.2) is 42.5 Å². The van der Waals surface area contributed by atoms with Crippen LogP contribution in [0.25, 0.3) is 0 Å². The minimum Gasteiger partial charge on any atom is -0.463 e. The molecule has 0 bridgehead atoms. The molecule has 1 aromatic rings. The average Bonchev–Trinajstić information content (AvgIpc) is 2.50. The highest BCUT2D eigenvalue weighted by Gasteiger charge is 2.19. The molecule has 1 N–H and O–H groups in total. The lowest BCUT2D eigenvalue weighted by molar-refractivity contribution is -0.149. The van der Waals surface area contributed by atoms with Crippen molar-refractivity contribution in [3.8, 4) is 0 Å². The van der Waals surface area contributed by atoms with E-state index in [1.165, 1.54) is 0 Å². The Labute approximate surface area is 125 Å². The molecular formula is C17H21NO3. The number of amides is 1. The Bertz CT molecular complexity index is 510. The lowest BCUT2D eigenvalue weighted by atomic mass is 10.1. The molecule has 1 aliphatic rings. The van der Waals surface area contributed by atoms with Gasteiger partial charge >= 0.3 is 5.97 Å². The summed E-state index contributed by atoms with van der Waals surface area (Å²) in [6.45, 7) is 2.02. The van der Waals surface area contributed by atoms with Crippen molar-refractivity contribution in [1.29, 1.82) is 0 Å². The van der Waals surface area contributed by atoms with Crippen molar-refractivity contribution in [1.82, 2.24) is 5.32 Å². The van der Waals surface area contributed by atoms with Gasteiger partial charge in [-0.15, -0.1) is 0 Å². The molecule has 0 unspecified atom stereocenters. The summed E-state index contributed by atoms with van der Waals surface area (Å²) in [6, 6.07) is 9.29. The van der Waals surface area contributed by atoms with Gasteiger partial charge in [-0.2, -0.15) is 0 Å². The molecule has 0 saturated carbocycles. The van der Waals surface area contributed by atoms with Crippen LogP contribution in [0, 0.1) is 5.92 Å². The monoisotopic (exact) mass is 287 g/mol. The number of esters is 1. The van der Waals surface area contributed by atoms with Crippen LogP contribution in [0.1, 0.15) is 37.8 Å². The molecule has 0 aliphatic carbocycles. The maximum atomic E-state index is 11.9. The first kappa shape index (κ1) is 15.3. The smallest absolute Gasteiger partial charge is 0.309 e. The van der Waals surface area contributed by atoms with Gasteiger partial charge in [-0.1, -0.05) is 49.4 Å². The first-order chi connectivity index (χ1) is 10.2. The molecule has 112 valence electrons. The lowest BCUT2D eigenvalue weighted by Crippen LogP contribution is -2.32. The van der Waals surface area contributed by atoms with Crippen molar-refractivity contribution in [3.05, 3.63) is 48.0 Å². The van der Waals surface area contributed by atoms with Crippen molar-refractivity contribution < 1.29 is 14.3 Å². The van der Waals surface area contributed by atoms with Crippen molar-refractivity contribution in [2.24, 2.45) is 5.92 Å². The lowest BCUT2D eigenvalue weighted by Gasteiger charge is -2.20. The molecule has 1 heterocycles. The first-order valence-corrected chi connectivity index (χ1v) is 7.32. The second-order valence-electron chi connectivity index (χ2n) is 5.31. The van der Waals surface area contributed by atoms with Gasteiger partial charge in [-0.3, -0.25) is 9.59 Å². The number of hydrogen-bond acceptors (Lipinski definition) is 3. The third-order valence-electron chi connectivity index (χ3n) is 3.53. The van der Waals surface area contributed by atoms with E-state index in [-0.39, 0.29) is 30.4 Å². The molecule has 0 radical (unpaired) electrons. The van der Waals surface area contributed by atoms with Crippen molar-refractivity contribution >= 4 is 11.9 Å². The van der Waals surface area contributed by atoms with Crippen molar-refractivity contribution in [3.63, 3.8) is 0 Å². The Morgan fingerprint density at radius 3 is 2.67 bits per heavy atom. The normalized spacial score (nSPS) is 24.4. The van der Waals surface area contributed by atoms with Gasteiger partial charge in [0.15, 0.2) is 0 Å². The van der Waals surface area contributed by atoms with E-state index in [0.717, 1.165) is 5.56 Å². The zero-order valence-corrected chi connectivity index (χ0v) is 12.2. The molecule has 4 heteroatoms. The zero-order valence-electron chi connectivity index (χ0n) is 12.2. The third kappa shape index (κ3) is 4.74. The summed E-state index contributed by atoms with van der Waals surface area (Å²) in [4.78, 5) is 23.9. The highest BCUT2D eigenvalue weighted by Crippen LogP contribution is 2.16. The summed E-state index contributed by atoms with van der Waals surface area (Å²) in [5.74, 6) is -0.415. The molecular weight excluding hydrogens is 266 g/mol. The van der Waals surface area contributed by atoms with E-state index in [4.69, 9.17) is 4.74 Å². The van der Waals surface area contributed by atoms with Crippen LogP contribution < -0.4 is 5.32 Å². The molecule has 0 fully saturated rings. The quantitative estimate of drug-likeness (QED) is 0.638. The molecule has 21 heavy (non-hydrogen) atoms. The molecule has 1 aromatic carbocycles. The number of carbonyl (C=O) groups excluding carboxylic acids is 2. The van der Waals surface area contributed by atoms with Gasteiger partial charge in [-0.25, -0.2) is 0 Å². The van der Waals surface area contributed by atoms with E-state index < -0.39 is 0 Å². The number of cyclic esters (lactones) is 1. The Morgan fingerprint density at radius 1 is 1.14 bits per heavy atom. The van der Waals surface area contributed by atoms with Crippen LogP contribution in [0.3, 0.4) is 0 Å². The van der Waals surface area contributed by atoms with Crippen molar-refractivity contribution in [2.75, 3.05) is 6.61 Å². The molecule has 0 aromatic heterocycles. The molecule has 2 rings (SSSR count). The van der Waals surface area contributed by atoms with Crippen LogP contribution in [-0.4, -0.2) is 18.5 Å². The van der Waals surface area contributed by atoms with Gasteiger partial charge in [-0.05, 0) is 18.4 Å². The van der Waals surface area contributed by atoms with E-state index in [0.29, 0.717) is 19.3 Å². The topological polar surface area (TPSA) is 55.4 Å². The van der Waals surface area contributed by atoms with E-state index in [1.54, 1.807) is 0 Å². The summed E-state index contributed by atoms with van der Waals surface area (Å²) in [5.41, 5.74) is 0.943. The Kier molecular flexibility index (Phi) is 5.55. The summed E-state index contributed by atoms with van der Waals surface area (Å²) < 4.78 is 5.35. The number of allylic oxidation sites excluding steroid dienone is 2. The van der Waals surface area contributed by atoms with Crippen LogP contribution in [0.5, 0.6) is 0 Å². The van der Waals surface area contributed by atoms with Crippen LogP contribution in [0.4, 0.5) is 0 Å². The maximum Gasteiger partial charge on any atom is 0.309 e. The van der Waals surface area contributed by atoms with Gasteiger partial charge in [0.1, 0.15) is 6.61 Å². The average molecular weight is 287 g/mol. The highest BCUT2D eigenvalue weighted by molar-refractivity contribution is 5.77. The third-order valence-corrected chi connectivity index (χ3v) is 3.53. The number of nitrogens with one attached hydrogen (secondary N) is 1. The van der Waals surface area contributed by atoms with E-state index in [9.17, 15) is 9.59 Å². The summed E-state index contributed by atoms with van der Waals surface area (Å²) >= 11 is 0. The fourth-order valence-electron chi connectivity index (χ4n) is 2.21. The van der Waals surface area contributed by atoms with Gasteiger partial charge in [0.2, 0.25) is 5.91 Å². The number of rotatable bonds is 1. The standard InChI is InChI=1S/C17H21NO3/c1-13-8-4-2-7-11-16(19)18-15(12-21-17(13)20)14-9-5-3-6-10-14/h2-6,9-10,13,15H,7-8,11-12H2,1H3,(H,18,19)/t13-,15-/m1/s1. The predicted molar refractivity (Wildman–Crippen MR) is 80.4 cm³/mol. The molecule has 0 saturated heterocycles. The van der Waals surface area contributed by atoms with Crippen molar-refractivity contribution in [2.45, 2.75) is 32.2 Å². The SMILES string of the molecule is C[C@@H]1CC=CCCC(=O)N[C@@H](c2ccccc2)COC1=O. The Morgan fingerprint density at radius 2 is 1.90 bits per heavy atom. The van der Waals surface area contributed by atoms with Crippen LogP contribution >= 0.6 is 0 Å². The molecule has 1 amide bonds. The molecule has 1 aliphatic heterocycles. The fourth-order valence-corrected chi connectivity index (χ4v) is 2.21. The van der Waals surface area contributed by atoms with Gasteiger partial charge in [0.05, 0.1) is 12.0 Å². The van der Waals surface area contributed by atoms with E-state index >= 15 is 0 Å². The minimum absolute atomic E-state index is 0.0295. The fraction of sp³-hybridized carbons (Fsp3) is 0.412. The number of carbonyl (C=O) groups is 2. The predicted octanol–water partition coefficient (Wildman–Crippen LogP) is 2.76. The van der Waals surface area contributed by atoms with Crippen LogP contribution in [-0.2, 0) is 14.3 Å². The number of benzene rings is 1. The minimum atomic E-state index is -0.293. The molecule has 2 atom stereocenters. The van der Waals surface area contributed by atoms with Gasteiger partial charge in [0.25, 0.3) is 0 Å². The van der Waals surface area contributed by atoms with Crippen LogP contribution in [0.2, 0.25) is 0 Å². The maximum absolute atomic E-state index is 11.9. The summed E-state index contributed by atoms with van der Waals surface area (Å²) in [5, 5.41) is 2.94. The summed E-state index contributed by atoms with van der Waals surface area (Å²) in [6.07, 6.45) is 5.67. The Hall–Kier alpha value is -2.10. The van der Waals surface area contributed by atoms with Gasteiger partial charge < -0.3 is 10.1 Å².